The number of aryl methyl sites for hydroxylation is 1. The molecule has 1 aromatic carbocycles. The summed E-state index contributed by atoms with van der Waals surface area (Å²) in [6.07, 6.45) is 0.399. The zero-order valence-electron chi connectivity index (χ0n) is 17.6. The van der Waals surface area contributed by atoms with E-state index in [1.807, 2.05) is 31.2 Å². The minimum Gasteiger partial charge on any atom is -0.451 e. The molecule has 1 fully saturated rings. The Labute approximate surface area is 194 Å². The third-order valence-electron chi connectivity index (χ3n) is 5.56. The van der Waals surface area contributed by atoms with Crippen molar-refractivity contribution in [3.8, 4) is 0 Å². The Morgan fingerprint density at radius 1 is 1.34 bits per heavy atom. The maximum atomic E-state index is 12.6. The molecule has 1 aliphatic rings. The number of hydrogen-bond acceptors (Lipinski definition) is 7. The Bertz CT molecular complexity index is 1300. The van der Waals surface area contributed by atoms with E-state index in [4.69, 9.17) is 16.3 Å². The van der Waals surface area contributed by atoms with Crippen molar-refractivity contribution in [3.05, 3.63) is 51.5 Å². The number of halogens is 1. The molecule has 0 bridgehead atoms. The van der Waals surface area contributed by atoms with E-state index in [1.54, 1.807) is 10.7 Å². The van der Waals surface area contributed by atoms with Crippen LogP contribution in [0.25, 0.3) is 10.2 Å². The number of aromatic nitrogens is 2. The number of rotatable bonds is 6. The van der Waals surface area contributed by atoms with Crippen LogP contribution in [0.2, 0.25) is 5.02 Å². The highest BCUT2D eigenvalue weighted by Crippen LogP contribution is 2.30. The molecule has 32 heavy (non-hydrogen) atoms. The van der Waals surface area contributed by atoms with Crippen LogP contribution >= 0.6 is 22.9 Å². The lowest BCUT2D eigenvalue weighted by Gasteiger charge is -2.23. The molecule has 1 aliphatic heterocycles. The summed E-state index contributed by atoms with van der Waals surface area (Å²) in [5.74, 6) is -1.01. The number of carbonyl (C=O) groups excluding carboxylic acids is 2. The molecular weight excluding hydrogens is 474 g/mol. The summed E-state index contributed by atoms with van der Waals surface area (Å²) < 4.78 is 30.3. The fraction of sp³-hybridized carbons (Fsp3) is 0.381. The van der Waals surface area contributed by atoms with Gasteiger partial charge in [-0.2, -0.15) is 5.10 Å². The average Bonchev–Trinajstić information content (AvgIpc) is 3.42. The van der Waals surface area contributed by atoms with Gasteiger partial charge in [0.05, 0.1) is 23.7 Å². The van der Waals surface area contributed by atoms with Crippen molar-refractivity contribution < 1.29 is 22.7 Å². The summed E-state index contributed by atoms with van der Waals surface area (Å²) in [6, 6.07) is 8.84. The molecule has 0 radical (unpaired) electrons. The zero-order chi connectivity index (χ0) is 23.0. The monoisotopic (exact) mass is 495 g/mol. The predicted octanol–water partition coefficient (Wildman–Crippen LogP) is 2.91. The number of likely N-dealkylation sites (N-methyl/N-ethyl adjacent to an activating group) is 1. The second-order valence-corrected chi connectivity index (χ2v) is 11.5. The third-order valence-corrected chi connectivity index (χ3v) is 8.81. The number of benzene rings is 1. The Hall–Kier alpha value is -2.43. The lowest BCUT2D eigenvalue weighted by atomic mass is 10.2. The summed E-state index contributed by atoms with van der Waals surface area (Å²) in [7, 11) is -1.57. The van der Waals surface area contributed by atoms with Crippen LogP contribution < -0.4 is 0 Å². The quantitative estimate of drug-likeness (QED) is 0.487. The SMILES string of the molecule is Cc1nn(Cc2ccccc2Cl)c2sc(C(=O)OCC(=O)N(C)C3CCS(=O)(=O)C3)cc12. The highest BCUT2D eigenvalue weighted by atomic mass is 35.5. The zero-order valence-corrected chi connectivity index (χ0v) is 20.0. The predicted molar refractivity (Wildman–Crippen MR) is 123 cm³/mol. The summed E-state index contributed by atoms with van der Waals surface area (Å²) in [5, 5.41) is 6.03. The summed E-state index contributed by atoms with van der Waals surface area (Å²) >= 11 is 7.51. The van der Waals surface area contributed by atoms with Gasteiger partial charge in [0.15, 0.2) is 16.4 Å². The fourth-order valence-electron chi connectivity index (χ4n) is 3.69. The first kappa shape index (κ1) is 22.8. The van der Waals surface area contributed by atoms with E-state index in [2.05, 4.69) is 5.10 Å². The van der Waals surface area contributed by atoms with Gasteiger partial charge in [0.2, 0.25) is 0 Å². The van der Waals surface area contributed by atoms with Crippen molar-refractivity contribution >= 4 is 54.9 Å². The van der Waals surface area contributed by atoms with Crippen LogP contribution in [-0.4, -0.2) is 66.2 Å². The standard InChI is InChI=1S/C21H22ClN3O5S2/c1-13-16-9-18(31-20(16)25(23-13)10-14-5-3-4-6-17(14)22)21(27)30-11-19(26)24(2)15-7-8-32(28,29)12-15/h3-6,9,15H,7-8,10-12H2,1-2H3. The molecule has 170 valence electrons. The second-order valence-electron chi connectivity index (χ2n) is 7.80. The Morgan fingerprint density at radius 3 is 2.78 bits per heavy atom. The third kappa shape index (κ3) is 4.67. The van der Waals surface area contributed by atoms with Gasteiger partial charge in [-0.05, 0) is 31.0 Å². The van der Waals surface area contributed by atoms with Crippen LogP contribution in [0.15, 0.2) is 30.3 Å². The number of carbonyl (C=O) groups is 2. The van der Waals surface area contributed by atoms with Gasteiger partial charge >= 0.3 is 5.97 Å². The van der Waals surface area contributed by atoms with Crippen molar-refractivity contribution in [2.75, 3.05) is 25.2 Å². The van der Waals surface area contributed by atoms with Gasteiger partial charge in [-0.1, -0.05) is 29.8 Å². The van der Waals surface area contributed by atoms with E-state index < -0.39 is 28.3 Å². The first-order valence-corrected chi connectivity index (χ1v) is 13.0. The molecule has 1 amide bonds. The van der Waals surface area contributed by atoms with Crippen molar-refractivity contribution in [1.82, 2.24) is 14.7 Å². The lowest BCUT2D eigenvalue weighted by molar-refractivity contribution is -0.134. The average molecular weight is 496 g/mol. The first-order chi connectivity index (χ1) is 15.1. The van der Waals surface area contributed by atoms with Gasteiger partial charge < -0.3 is 9.64 Å². The number of sulfone groups is 1. The van der Waals surface area contributed by atoms with Crippen LogP contribution in [0.3, 0.4) is 0 Å². The Kier molecular flexibility index (Phi) is 6.28. The summed E-state index contributed by atoms with van der Waals surface area (Å²) in [6.45, 7) is 1.89. The van der Waals surface area contributed by atoms with E-state index in [9.17, 15) is 18.0 Å². The number of amides is 1. The molecular formula is C21H22ClN3O5S2. The Morgan fingerprint density at radius 2 is 2.09 bits per heavy atom. The number of thiophene rings is 1. The van der Waals surface area contributed by atoms with Crippen molar-refractivity contribution in [2.45, 2.75) is 25.9 Å². The van der Waals surface area contributed by atoms with Gasteiger partial charge in [0, 0.05) is 23.5 Å². The van der Waals surface area contributed by atoms with E-state index in [0.717, 1.165) is 21.5 Å². The molecule has 1 saturated heterocycles. The van der Waals surface area contributed by atoms with E-state index in [1.165, 1.54) is 23.3 Å². The smallest absolute Gasteiger partial charge is 0.348 e. The first-order valence-electron chi connectivity index (χ1n) is 9.98. The van der Waals surface area contributed by atoms with Crippen LogP contribution in [0.5, 0.6) is 0 Å². The van der Waals surface area contributed by atoms with Crippen LogP contribution in [0.4, 0.5) is 0 Å². The topological polar surface area (TPSA) is 98.6 Å². The highest BCUT2D eigenvalue weighted by Gasteiger charge is 2.33. The fourth-order valence-corrected chi connectivity index (χ4v) is 6.72. The number of esters is 1. The minimum absolute atomic E-state index is 0.0549. The maximum absolute atomic E-state index is 12.6. The molecule has 0 N–H and O–H groups in total. The highest BCUT2D eigenvalue weighted by molar-refractivity contribution is 7.91. The van der Waals surface area contributed by atoms with E-state index >= 15 is 0 Å². The van der Waals surface area contributed by atoms with Crippen LogP contribution in [0, 0.1) is 6.92 Å². The molecule has 2 aromatic heterocycles. The molecule has 11 heteroatoms. The molecule has 8 nitrogen and oxygen atoms in total. The van der Waals surface area contributed by atoms with Gasteiger partial charge in [0.25, 0.3) is 5.91 Å². The van der Waals surface area contributed by atoms with Crippen molar-refractivity contribution in [1.29, 1.82) is 0 Å². The van der Waals surface area contributed by atoms with Gasteiger partial charge in [0.1, 0.15) is 9.71 Å². The number of nitrogens with zero attached hydrogens (tertiary/aromatic N) is 3. The van der Waals surface area contributed by atoms with Gasteiger partial charge in [-0.25, -0.2) is 13.2 Å². The van der Waals surface area contributed by atoms with Gasteiger partial charge in [-0.15, -0.1) is 11.3 Å². The largest absolute Gasteiger partial charge is 0.451 e. The molecule has 1 atom stereocenters. The summed E-state index contributed by atoms with van der Waals surface area (Å²) in [5.41, 5.74) is 1.69. The number of ether oxygens (including phenoxy) is 1. The number of fused-ring (bicyclic) bond motifs is 1. The molecule has 0 aliphatic carbocycles. The van der Waals surface area contributed by atoms with E-state index in [-0.39, 0.29) is 17.5 Å². The number of hydrogen-bond donors (Lipinski definition) is 0. The van der Waals surface area contributed by atoms with E-state index in [0.29, 0.717) is 22.9 Å². The van der Waals surface area contributed by atoms with Gasteiger partial charge in [-0.3, -0.25) is 9.48 Å². The maximum Gasteiger partial charge on any atom is 0.348 e. The van der Waals surface area contributed by atoms with Crippen LogP contribution in [-0.2, 0) is 25.9 Å². The van der Waals surface area contributed by atoms with Crippen LogP contribution in [0.1, 0.15) is 27.3 Å². The minimum atomic E-state index is -3.11. The molecule has 3 aromatic rings. The molecule has 4 rings (SSSR count). The second kappa shape index (κ2) is 8.84. The molecule has 3 heterocycles. The normalized spacial score (nSPS) is 17.5. The molecule has 1 unspecified atom stereocenters. The lowest BCUT2D eigenvalue weighted by Crippen LogP contribution is -2.40. The Balaban J connectivity index is 1.44. The van der Waals surface area contributed by atoms with Crippen molar-refractivity contribution in [2.24, 2.45) is 0 Å². The molecule has 0 saturated carbocycles. The summed E-state index contributed by atoms with van der Waals surface area (Å²) in [4.78, 5) is 27.5. The molecule has 0 spiro atoms. The van der Waals surface area contributed by atoms with Crippen molar-refractivity contribution in [3.63, 3.8) is 0 Å².